The Balaban J connectivity index is 2.29. The summed E-state index contributed by atoms with van der Waals surface area (Å²) < 4.78 is 6.19. The van der Waals surface area contributed by atoms with Crippen molar-refractivity contribution in [3.63, 3.8) is 0 Å². The van der Waals surface area contributed by atoms with Gasteiger partial charge in [0, 0.05) is 10.0 Å². The van der Waals surface area contributed by atoms with Gasteiger partial charge in [0.25, 0.3) is 0 Å². The lowest BCUT2D eigenvalue weighted by Crippen LogP contribution is -1.97. The van der Waals surface area contributed by atoms with Crippen molar-refractivity contribution in [2.45, 2.75) is 18.9 Å². The molecule has 1 aromatic rings. The van der Waals surface area contributed by atoms with Crippen molar-refractivity contribution >= 4 is 21.9 Å². The zero-order valence-corrected chi connectivity index (χ0v) is 9.79. The number of esters is 1. The molecule has 1 aromatic carbocycles. The second-order valence-electron chi connectivity index (χ2n) is 3.49. The first-order valence-corrected chi connectivity index (χ1v) is 5.63. The van der Waals surface area contributed by atoms with Crippen LogP contribution in [-0.4, -0.2) is 5.97 Å². The minimum atomic E-state index is -0.222. The smallest absolute Gasteiger partial charge is 0.339 e. The molecule has 15 heavy (non-hydrogen) atoms. The van der Waals surface area contributed by atoms with Gasteiger partial charge in [0.15, 0.2) is 0 Å². The second kappa shape index (κ2) is 4.19. The molecular formula is C12H11BrO2. The Bertz CT molecular complexity index is 412. The van der Waals surface area contributed by atoms with E-state index in [0.29, 0.717) is 5.56 Å². The SMILES string of the molecule is C=CCCC1OC(=O)c2cc(Br)ccc21. The van der Waals surface area contributed by atoms with E-state index in [4.69, 9.17) is 4.74 Å². The van der Waals surface area contributed by atoms with Crippen LogP contribution in [0.15, 0.2) is 35.3 Å². The fourth-order valence-electron chi connectivity index (χ4n) is 1.73. The molecule has 0 saturated heterocycles. The lowest BCUT2D eigenvalue weighted by molar-refractivity contribution is 0.0371. The molecule has 0 bridgehead atoms. The van der Waals surface area contributed by atoms with E-state index in [1.807, 2.05) is 24.3 Å². The summed E-state index contributed by atoms with van der Waals surface area (Å²) in [6.45, 7) is 3.66. The van der Waals surface area contributed by atoms with E-state index in [1.54, 1.807) is 0 Å². The average Bonchev–Trinajstić information content (AvgIpc) is 2.53. The van der Waals surface area contributed by atoms with Crippen molar-refractivity contribution in [1.29, 1.82) is 0 Å². The van der Waals surface area contributed by atoms with E-state index >= 15 is 0 Å². The van der Waals surface area contributed by atoms with Gasteiger partial charge in [-0.2, -0.15) is 0 Å². The quantitative estimate of drug-likeness (QED) is 0.617. The summed E-state index contributed by atoms with van der Waals surface area (Å²) in [5.41, 5.74) is 1.67. The highest BCUT2D eigenvalue weighted by atomic mass is 79.9. The molecule has 0 fully saturated rings. The number of carbonyl (C=O) groups excluding carboxylic acids is 1. The molecule has 2 nitrogen and oxygen atoms in total. The molecular weight excluding hydrogens is 256 g/mol. The molecule has 1 aliphatic rings. The largest absolute Gasteiger partial charge is 0.454 e. The van der Waals surface area contributed by atoms with Crippen LogP contribution < -0.4 is 0 Å². The number of carbonyl (C=O) groups is 1. The van der Waals surface area contributed by atoms with Gasteiger partial charge in [0.05, 0.1) is 5.56 Å². The van der Waals surface area contributed by atoms with Crippen LogP contribution in [0.1, 0.15) is 34.9 Å². The Kier molecular flexibility index (Phi) is 2.91. The summed E-state index contributed by atoms with van der Waals surface area (Å²) in [5, 5.41) is 0. The van der Waals surface area contributed by atoms with Crippen molar-refractivity contribution in [2.75, 3.05) is 0 Å². The Hall–Kier alpha value is -1.09. The third kappa shape index (κ3) is 1.97. The van der Waals surface area contributed by atoms with Crippen molar-refractivity contribution < 1.29 is 9.53 Å². The van der Waals surface area contributed by atoms with Crippen molar-refractivity contribution in [1.82, 2.24) is 0 Å². The number of hydrogen-bond acceptors (Lipinski definition) is 2. The van der Waals surface area contributed by atoms with Gasteiger partial charge in [0.2, 0.25) is 0 Å². The van der Waals surface area contributed by atoms with Crippen LogP contribution in [-0.2, 0) is 4.74 Å². The van der Waals surface area contributed by atoms with Crippen LogP contribution in [0.3, 0.4) is 0 Å². The van der Waals surface area contributed by atoms with E-state index in [9.17, 15) is 4.79 Å². The Labute approximate surface area is 97.1 Å². The van der Waals surface area contributed by atoms with Crippen LogP contribution in [0.2, 0.25) is 0 Å². The van der Waals surface area contributed by atoms with Gasteiger partial charge in [-0.15, -0.1) is 6.58 Å². The fraction of sp³-hybridized carbons (Fsp3) is 0.250. The molecule has 0 N–H and O–H groups in total. The second-order valence-corrected chi connectivity index (χ2v) is 4.41. The Morgan fingerprint density at radius 1 is 1.53 bits per heavy atom. The lowest BCUT2D eigenvalue weighted by atomic mass is 10.0. The monoisotopic (exact) mass is 266 g/mol. The summed E-state index contributed by atoms with van der Waals surface area (Å²) in [4.78, 5) is 11.5. The molecule has 0 saturated carbocycles. The predicted octanol–water partition coefficient (Wildman–Crippen LogP) is 3.63. The highest BCUT2D eigenvalue weighted by Crippen LogP contribution is 2.35. The third-order valence-corrected chi connectivity index (χ3v) is 2.96. The highest BCUT2D eigenvalue weighted by molar-refractivity contribution is 9.10. The molecule has 0 radical (unpaired) electrons. The summed E-state index contributed by atoms with van der Waals surface area (Å²) in [6, 6.07) is 5.69. The number of rotatable bonds is 3. The number of halogens is 1. The molecule has 0 aliphatic carbocycles. The molecule has 0 aromatic heterocycles. The van der Waals surface area contributed by atoms with Gasteiger partial charge in [-0.1, -0.05) is 28.1 Å². The fourth-order valence-corrected chi connectivity index (χ4v) is 2.09. The van der Waals surface area contributed by atoms with Crippen LogP contribution in [0.4, 0.5) is 0 Å². The third-order valence-electron chi connectivity index (χ3n) is 2.46. The van der Waals surface area contributed by atoms with E-state index in [1.165, 1.54) is 0 Å². The summed E-state index contributed by atoms with van der Waals surface area (Å²) in [5.74, 6) is -0.222. The first-order valence-electron chi connectivity index (χ1n) is 4.83. The molecule has 0 amide bonds. The molecule has 1 heterocycles. The number of allylic oxidation sites excluding steroid dienone is 1. The Morgan fingerprint density at radius 3 is 3.07 bits per heavy atom. The van der Waals surface area contributed by atoms with Gasteiger partial charge >= 0.3 is 5.97 Å². The molecule has 2 rings (SSSR count). The topological polar surface area (TPSA) is 26.3 Å². The number of fused-ring (bicyclic) bond motifs is 1. The van der Waals surface area contributed by atoms with Gasteiger partial charge in [-0.25, -0.2) is 4.79 Å². The summed E-state index contributed by atoms with van der Waals surface area (Å²) in [6.07, 6.45) is 3.40. The summed E-state index contributed by atoms with van der Waals surface area (Å²) in [7, 11) is 0. The number of cyclic esters (lactones) is 1. The zero-order valence-electron chi connectivity index (χ0n) is 8.20. The first-order chi connectivity index (χ1) is 7.22. The maximum Gasteiger partial charge on any atom is 0.339 e. The van der Waals surface area contributed by atoms with Crippen LogP contribution in [0, 0.1) is 0 Å². The van der Waals surface area contributed by atoms with Crippen LogP contribution in [0.25, 0.3) is 0 Å². The zero-order chi connectivity index (χ0) is 10.8. The molecule has 0 spiro atoms. The van der Waals surface area contributed by atoms with Crippen molar-refractivity contribution in [3.8, 4) is 0 Å². The number of ether oxygens (including phenoxy) is 1. The highest BCUT2D eigenvalue weighted by Gasteiger charge is 2.30. The van der Waals surface area contributed by atoms with Gasteiger partial charge in [-0.3, -0.25) is 0 Å². The average molecular weight is 267 g/mol. The van der Waals surface area contributed by atoms with E-state index in [0.717, 1.165) is 22.9 Å². The molecule has 1 atom stereocenters. The Morgan fingerprint density at radius 2 is 2.33 bits per heavy atom. The minimum absolute atomic E-state index is 0.0985. The van der Waals surface area contributed by atoms with Crippen LogP contribution >= 0.6 is 15.9 Å². The molecule has 78 valence electrons. The predicted molar refractivity (Wildman–Crippen MR) is 61.7 cm³/mol. The van der Waals surface area contributed by atoms with Crippen LogP contribution in [0.5, 0.6) is 0 Å². The van der Waals surface area contributed by atoms with Crippen molar-refractivity contribution in [3.05, 3.63) is 46.5 Å². The van der Waals surface area contributed by atoms with Gasteiger partial charge in [0.1, 0.15) is 6.10 Å². The summed E-state index contributed by atoms with van der Waals surface area (Å²) >= 11 is 3.34. The maximum absolute atomic E-state index is 11.5. The standard InChI is InChI=1S/C12H11BrO2/c1-2-3-4-11-9-6-5-8(13)7-10(9)12(14)15-11/h2,5-7,11H,1,3-4H2. The normalized spacial score (nSPS) is 18.5. The number of benzene rings is 1. The van der Waals surface area contributed by atoms with Crippen molar-refractivity contribution in [2.24, 2.45) is 0 Å². The lowest BCUT2D eigenvalue weighted by Gasteiger charge is -2.08. The van der Waals surface area contributed by atoms with E-state index in [2.05, 4.69) is 22.5 Å². The minimum Gasteiger partial charge on any atom is -0.454 e. The first kappa shape index (κ1) is 10.4. The molecule has 3 heteroatoms. The molecule has 1 unspecified atom stereocenters. The number of hydrogen-bond donors (Lipinski definition) is 0. The van der Waals surface area contributed by atoms with Gasteiger partial charge < -0.3 is 4.74 Å². The molecule has 1 aliphatic heterocycles. The van der Waals surface area contributed by atoms with E-state index < -0.39 is 0 Å². The van der Waals surface area contributed by atoms with Gasteiger partial charge in [-0.05, 0) is 25.0 Å². The maximum atomic E-state index is 11.5. The van der Waals surface area contributed by atoms with E-state index in [-0.39, 0.29) is 12.1 Å².